The molecule has 0 spiro atoms. The van der Waals surface area contributed by atoms with Gasteiger partial charge < -0.3 is 19.1 Å². The Kier molecular flexibility index (Phi) is 6.62. The van der Waals surface area contributed by atoms with Gasteiger partial charge in [0.1, 0.15) is 11.4 Å². The van der Waals surface area contributed by atoms with Crippen molar-refractivity contribution in [3.05, 3.63) is 95.2 Å². The summed E-state index contributed by atoms with van der Waals surface area (Å²) >= 11 is 0. The maximum atomic E-state index is 13.7. The van der Waals surface area contributed by atoms with Crippen LogP contribution < -0.4 is 14.2 Å². The normalized spacial score (nSPS) is 14.6. The van der Waals surface area contributed by atoms with Gasteiger partial charge in [0.05, 0.1) is 32.1 Å². The fraction of sp³-hybridized carbons (Fsp3) is 0.241. The van der Waals surface area contributed by atoms with Crippen LogP contribution >= 0.6 is 0 Å². The third kappa shape index (κ3) is 4.28. The third-order valence-corrected chi connectivity index (χ3v) is 6.31. The number of nitrogens with zero attached hydrogens (tertiary/aromatic N) is 2. The number of H-pyrrole nitrogens is 1. The molecule has 7 nitrogen and oxygen atoms in total. The summed E-state index contributed by atoms with van der Waals surface area (Å²) in [4.78, 5) is 15.6. The number of aromatic amines is 1. The van der Waals surface area contributed by atoms with Crippen LogP contribution in [0.1, 0.15) is 47.1 Å². The van der Waals surface area contributed by atoms with E-state index in [0.29, 0.717) is 37.0 Å². The first-order valence-electron chi connectivity index (χ1n) is 12.1. The van der Waals surface area contributed by atoms with Crippen LogP contribution in [0.5, 0.6) is 17.2 Å². The Morgan fingerprint density at radius 3 is 2.33 bits per heavy atom. The van der Waals surface area contributed by atoms with Crippen LogP contribution in [0.2, 0.25) is 0 Å². The Labute approximate surface area is 210 Å². The molecule has 1 aliphatic heterocycles. The maximum absolute atomic E-state index is 13.7. The van der Waals surface area contributed by atoms with Crippen LogP contribution in [0.25, 0.3) is 11.3 Å². The molecule has 1 atom stereocenters. The van der Waals surface area contributed by atoms with E-state index in [9.17, 15) is 4.79 Å². The molecule has 0 aliphatic carbocycles. The van der Waals surface area contributed by atoms with Gasteiger partial charge in [-0.25, -0.2) is 0 Å². The maximum Gasteiger partial charge on any atom is 0.273 e. The van der Waals surface area contributed by atoms with E-state index in [1.807, 2.05) is 91.5 Å². The number of methoxy groups -OCH3 is 1. The van der Waals surface area contributed by atoms with E-state index in [-0.39, 0.29) is 11.9 Å². The van der Waals surface area contributed by atoms with Crippen LogP contribution in [0.3, 0.4) is 0 Å². The van der Waals surface area contributed by atoms with Crippen molar-refractivity contribution in [2.24, 2.45) is 0 Å². The van der Waals surface area contributed by atoms with Gasteiger partial charge in [-0.1, -0.05) is 36.4 Å². The topological polar surface area (TPSA) is 76.7 Å². The minimum absolute atomic E-state index is 0.0852. The number of hydrogen-bond donors (Lipinski definition) is 1. The lowest BCUT2D eigenvalue weighted by Gasteiger charge is -2.27. The molecule has 1 unspecified atom stereocenters. The van der Waals surface area contributed by atoms with Gasteiger partial charge >= 0.3 is 0 Å². The van der Waals surface area contributed by atoms with Gasteiger partial charge in [-0.2, -0.15) is 5.10 Å². The number of hydrogen-bond acceptors (Lipinski definition) is 5. The first-order valence-corrected chi connectivity index (χ1v) is 12.1. The Morgan fingerprint density at radius 2 is 1.64 bits per heavy atom. The Bertz CT molecular complexity index is 1350. The summed E-state index contributed by atoms with van der Waals surface area (Å²) in [5, 5.41) is 7.59. The Hall–Kier alpha value is -4.26. The van der Waals surface area contributed by atoms with Crippen molar-refractivity contribution >= 4 is 5.91 Å². The number of aromatic nitrogens is 2. The summed E-state index contributed by atoms with van der Waals surface area (Å²) in [5.41, 5.74) is 5.00. The van der Waals surface area contributed by atoms with Gasteiger partial charge in [0.15, 0.2) is 11.5 Å². The lowest BCUT2D eigenvalue weighted by molar-refractivity contribution is 0.0729. The van der Waals surface area contributed by atoms with E-state index in [0.717, 1.165) is 33.7 Å². The fourth-order valence-corrected chi connectivity index (χ4v) is 4.69. The molecule has 0 saturated carbocycles. The van der Waals surface area contributed by atoms with Gasteiger partial charge in [-0.15, -0.1) is 0 Å². The van der Waals surface area contributed by atoms with Crippen LogP contribution in [0.4, 0.5) is 0 Å². The molecule has 1 aromatic heterocycles. The Morgan fingerprint density at radius 1 is 0.917 bits per heavy atom. The first kappa shape index (κ1) is 23.5. The molecule has 1 aliphatic rings. The second kappa shape index (κ2) is 10.2. The zero-order valence-electron chi connectivity index (χ0n) is 20.7. The average Bonchev–Trinajstić information content (AvgIpc) is 3.45. The fourth-order valence-electron chi connectivity index (χ4n) is 4.69. The second-order valence-corrected chi connectivity index (χ2v) is 8.48. The molecule has 7 heteroatoms. The van der Waals surface area contributed by atoms with Crippen molar-refractivity contribution < 1.29 is 19.0 Å². The molecular weight excluding hydrogens is 454 g/mol. The smallest absolute Gasteiger partial charge is 0.273 e. The zero-order valence-corrected chi connectivity index (χ0v) is 20.7. The zero-order chi connectivity index (χ0) is 25.1. The largest absolute Gasteiger partial charge is 0.497 e. The number of nitrogens with one attached hydrogen (secondary N) is 1. The summed E-state index contributed by atoms with van der Waals surface area (Å²) in [6, 6.07) is 23.3. The molecule has 1 amide bonds. The molecule has 1 N–H and O–H groups in total. The summed E-state index contributed by atoms with van der Waals surface area (Å²) < 4.78 is 17.0. The van der Waals surface area contributed by atoms with Crippen molar-refractivity contribution in [3.63, 3.8) is 0 Å². The number of rotatable bonds is 9. The van der Waals surface area contributed by atoms with Crippen LogP contribution in [0, 0.1) is 0 Å². The number of carbonyl (C=O) groups is 1. The highest BCUT2D eigenvalue weighted by molar-refractivity contribution is 6.00. The average molecular weight is 484 g/mol. The van der Waals surface area contributed by atoms with Gasteiger partial charge in [0.2, 0.25) is 0 Å². The van der Waals surface area contributed by atoms with E-state index in [1.54, 1.807) is 7.11 Å². The standard InChI is InChI=1S/C29H29N3O4/c1-4-35-23-16-13-21(17-24(23)36-5-2)28-25-26(20-11-14-22(34-3)15-12-20)30-31-27(25)29(33)32(28)18-19-9-7-6-8-10-19/h6-17,28H,4-5,18H2,1-3H3,(H,30,31). The van der Waals surface area contributed by atoms with Crippen molar-refractivity contribution in [1.29, 1.82) is 0 Å². The number of amides is 1. The van der Waals surface area contributed by atoms with Crippen LogP contribution in [-0.4, -0.2) is 41.3 Å². The number of ether oxygens (including phenoxy) is 3. The second-order valence-electron chi connectivity index (χ2n) is 8.48. The summed E-state index contributed by atoms with van der Waals surface area (Å²) in [7, 11) is 1.64. The lowest BCUT2D eigenvalue weighted by Crippen LogP contribution is -2.29. The summed E-state index contributed by atoms with van der Waals surface area (Å²) in [6.45, 7) is 5.40. The molecule has 4 aromatic rings. The number of carbonyl (C=O) groups excluding carboxylic acids is 1. The highest BCUT2D eigenvalue weighted by atomic mass is 16.5. The molecule has 36 heavy (non-hydrogen) atoms. The lowest BCUT2D eigenvalue weighted by atomic mass is 9.95. The predicted molar refractivity (Wildman–Crippen MR) is 138 cm³/mol. The molecule has 5 rings (SSSR count). The monoisotopic (exact) mass is 483 g/mol. The molecule has 0 saturated heterocycles. The Balaban J connectivity index is 1.64. The van der Waals surface area contributed by atoms with E-state index in [2.05, 4.69) is 10.2 Å². The molecule has 0 fully saturated rings. The first-order chi connectivity index (χ1) is 17.6. The van der Waals surface area contributed by atoms with Gasteiger partial charge in [-0.3, -0.25) is 9.89 Å². The number of fused-ring (bicyclic) bond motifs is 1. The molecular formula is C29H29N3O4. The molecule has 2 heterocycles. The summed E-state index contributed by atoms with van der Waals surface area (Å²) in [6.07, 6.45) is 0. The molecule has 0 radical (unpaired) electrons. The van der Waals surface area contributed by atoms with E-state index < -0.39 is 0 Å². The van der Waals surface area contributed by atoms with Gasteiger partial charge in [0, 0.05) is 17.7 Å². The van der Waals surface area contributed by atoms with E-state index >= 15 is 0 Å². The quantitative estimate of drug-likeness (QED) is 0.334. The van der Waals surface area contributed by atoms with Crippen LogP contribution in [-0.2, 0) is 6.54 Å². The SMILES string of the molecule is CCOc1ccc(C2c3c(-c4ccc(OC)cc4)n[nH]c3C(=O)N2Cc2ccccc2)cc1OCC. The molecule has 3 aromatic carbocycles. The predicted octanol–water partition coefficient (Wildman–Crippen LogP) is 5.63. The van der Waals surface area contributed by atoms with Gasteiger partial charge in [-0.05, 0) is 61.4 Å². The highest BCUT2D eigenvalue weighted by Crippen LogP contribution is 2.45. The van der Waals surface area contributed by atoms with E-state index in [1.165, 1.54) is 0 Å². The number of benzene rings is 3. The highest BCUT2D eigenvalue weighted by Gasteiger charge is 2.42. The van der Waals surface area contributed by atoms with Gasteiger partial charge in [0.25, 0.3) is 5.91 Å². The molecule has 0 bridgehead atoms. The third-order valence-electron chi connectivity index (χ3n) is 6.31. The van der Waals surface area contributed by atoms with Crippen molar-refractivity contribution in [2.75, 3.05) is 20.3 Å². The van der Waals surface area contributed by atoms with Crippen LogP contribution in [0.15, 0.2) is 72.8 Å². The van der Waals surface area contributed by atoms with Crippen molar-refractivity contribution in [3.8, 4) is 28.5 Å². The minimum Gasteiger partial charge on any atom is -0.497 e. The molecule has 184 valence electrons. The van der Waals surface area contributed by atoms with Crippen molar-refractivity contribution in [1.82, 2.24) is 15.1 Å². The van der Waals surface area contributed by atoms with Crippen molar-refractivity contribution in [2.45, 2.75) is 26.4 Å². The van der Waals surface area contributed by atoms with E-state index in [4.69, 9.17) is 14.2 Å². The minimum atomic E-state index is -0.349. The summed E-state index contributed by atoms with van der Waals surface area (Å²) in [5.74, 6) is 2.02.